The van der Waals surface area contributed by atoms with Crippen LogP contribution in [-0.2, 0) is 6.54 Å². The molecule has 0 amide bonds. The summed E-state index contributed by atoms with van der Waals surface area (Å²) in [7, 11) is 2.15. The minimum atomic E-state index is -0.355. The number of nitrogens with one attached hydrogen (secondary N) is 1. The van der Waals surface area contributed by atoms with Gasteiger partial charge in [-0.25, -0.2) is 0 Å². The number of non-ortho nitro benzene ring substituents is 1. The summed E-state index contributed by atoms with van der Waals surface area (Å²) in [6, 6.07) is 6.16. The van der Waals surface area contributed by atoms with Crippen molar-refractivity contribution in [2.75, 3.05) is 13.6 Å². The first-order valence-corrected chi connectivity index (χ1v) is 7.62. The molecule has 2 rings (SSSR count). The molecular weight excluding hydrogens is 322 g/mol. The van der Waals surface area contributed by atoms with Gasteiger partial charge in [-0.15, -0.1) is 0 Å². The van der Waals surface area contributed by atoms with Crippen LogP contribution in [0.4, 0.5) is 5.69 Å². The standard InChI is InChI=1S/C14H20BrN3O2/c1-10-5-13(3-4-17(10)2)16-9-11-6-12(15)8-14(7-11)18(19)20/h6-8,10,13,16H,3-5,9H2,1-2H3. The van der Waals surface area contributed by atoms with Crippen molar-refractivity contribution in [3.8, 4) is 0 Å². The number of nitro groups is 1. The summed E-state index contributed by atoms with van der Waals surface area (Å²) in [6.45, 7) is 4.00. The molecule has 6 heteroatoms. The van der Waals surface area contributed by atoms with Crippen molar-refractivity contribution in [3.63, 3.8) is 0 Å². The van der Waals surface area contributed by atoms with E-state index in [4.69, 9.17) is 0 Å². The molecular formula is C14H20BrN3O2. The molecule has 20 heavy (non-hydrogen) atoms. The number of nitro benzene ring substituents is 1. The molecule has 0 aliphatic carbocycles. The monoisotopic (exact) mass is 341 g/mol. The number of piperidine rings is 1. The smallest absolute Gasteiger partial charge is 0.270 e. The van der Waals surface area contributed by atoms with E-state index in [1.54, 1.807) is 6.07 Å². The fraction of sp³-hybridized carbons (Fsp3) is 0.571. The van der Waals surface area contributed by atoms with Crippen LogP contribution < -0.4 is 5.32 Å². The van der Waals surface area contributed by atoms with Crippen LogP contribution >= 0.6 is 15.9 Å². The fourth-order valence-corrected chi connectivity index (χ4v) is 3.11. The molecule has 1 heterocycles. The van der Waals surface area contributed by atoms with Crippen LogP contribution in [0.15, 0.2) is 22.7 Å². The van der Waals surface area contributed by atoms with Gasteiger partial charge in [0.2, 0.25) is 0 Å². The van der Waals surface area contributed by atoms with E-state index >= 15 is 0 Å². The Morgan fingerprint density at radius 3 is 2.90 bits per heavy atom. The molecule has 0 saturated carbocycles. The molecule has 0 bridgehead atoms. The van der Waals surface area contributed by atoms with Crippen molar-refractivity contribution < 1.29 is 4.92 Å². The highest BCUT2D eigenvalue weighted by atomic mass is 79.9. The number of hydrogen-bond donors (Lipinski definition) is 1. The van der Waals surface area contributed by atoms with Crippen LogP contribution in [0.1, 0.15) is 25.3 Å². The van der Waals surface area contributed by atoms with E-state index in [2.05, 4.69) is 40.1 Å². The number of halogens is 1. The lowest BCUT2D eigenvalue weighted by molar-refractivity contribution is -0.385. The third kappa shape index (κ3) is 4.01. The van der Waals surface area contributed by atoms with Crippen LogP contribution in [0.2, 0.25) is 0 Å². The second-order valence-corrected chi connectivity index (χ2v) is 6.42. The maximum atomic E-state index is 10.8. The van der Waals surface area contributed by atoms with Gasteiger partial charge in [-0.3, -0.25) is 10.1 Å². The van der Waals surface area contributed by atoms with Gasteiger partial charge in [0, 0.05) is 35.2 Å². The van der Waals surface area contributed by atoms with Crippen molar-refractivity contribution in [3.05, 3.63) is 38.3 Å². The lowest BCUT2D eigenvalue weighted by Gasteiger charge is -2.35. The Morgan fingerprint density at radius 1 is 1.50 bits per heavy atom. The molecule has 2 atom stereocenters. The molecule has 5 nitrogen and oxygen atoms in total. The van der Waals surface area contributed by atoms with Crippen molar-refractivity contribution >= 4 is 21.6 Å². The number of likely N-dealkylation sites (tertiary alicyclic amines) is 1. The minimum absolute atomic E-state index is 0.132. The molecule has 0 radical (unpaired) electrons. The molecule has 1 fully saturated rings. The molecule has 0 spiro atoms. The van der Waals surface area contributed by atoms with Crippen molar-refractivity contribution in [1.82, 2.24) is 10.2 Å². The third-order valence-electron chi connectivity index (χ3n) is 3.96. The summed E-state index contributed by atoms with van der Waals surface area (Å²) in [4.78, 5) is 12.9. The molecule has 1 aromatic rings. The van der Waals surface area contributed by atoms with Gasteiger partial charge in [-0.1, -0.05) is 15.9 Å². The van der Waals surface area contributed by atoms with Gasteiger partial charge >= 0.3 is 0 Å². The molecule has 1 N–H and O–H groups in total. The van der Waals surface area contributed by atoms with Gasteiger partial charge in [0.15, 0.2) is 0 Å². The predicted octanol–water partition coefficient (Wildman–Crippen LogP) is 2.93. The maximum Gasteiger partial charge on any atom is 0.270 e. The van der Waals surface area contributed by atoms with Crippen LogP contribution in [0.3, 0.4) is 0 Å². The average Bonchev–Trinajstić information content (AvgIpc) is 2.39. The first kappa shape index (κ1) is 15.4. The average molecular weight is 342 g/mol. The first-order valence-electron chi connectivity index (χ1n) is 6.83. The van der Waals surface area contributed by atoms with Gasteiger partial charge in [0.1, 0.15) is 0 Å². The van der Waals surface area contributed by atoms with E-state index in [1.807, 2.05) is 6.07 Å². The van der Waals surface area contributed by atoms with E-state index in [1.165, 1.54) is 6.07 Å². The Balaban J connectivity index is 1.95. The third-order valence-corrected chi connectivity index (χ3v) is 4.41. The maximum absolute atomic E-state index is 10.8. The van der Waals surface area contributed by atoms with E-state index < -0.39 is 0 Å². The number of benzene rings is 1. The lowest BCUT2D eigenvalue weighted by atomic mass is 9.98. The topological polar surface area (TPSA) is 58.4 Å². The van der Waals surface area contributed by atoms with Crippen LogP contribution in [0.25, 0.3) is 0 Å². The molecule has 0 aromatic heterocycles. The highest BCUT2D eigenvalue weighted by Crippen LogP contribution is 2.22. The molecule has 1 saturated heterocycles. The summed E-state index contributed by atoms with van der Waals surface area (Å²) in [6.07, 6.45) is 2.24. The van der Waals surface area contributed by atoms with E-state index in [0.717, 1.165) is 29.4 Å². The van der Waals surface area contributed by atoms with Crippen LogP contribution in [0, 0.1) is 10.1 Å². The minimum Gasteiger partial charge on any atom is -0.310 e. The highest BCUT2D eigenvalue weighted by molar-refractivity contribution is 9.10. The van der Waals surface area contributed by atoms with Crippen molar-refractivity contribution in [2.45, 2.75) is 38.4 Å². The number of hydrogen-bond acceptors (Lipinski definition) is 4. The Bertz CT molecular complexity index is 495. The van der Waals surface area contributed by atoms with E-state index in [0.29, 0.717) is 18.6 Å². The summed E-state index contributed by atoms with van der Waals surface area (Å²) in [5, 5.41) is 14.4. The number of nitrogens with zero attached hydrogens (tertiary/aromatic N) is 2. The Morgan fingerprint density at radius 2 is 2.25 bits per heavy atom. The SMILES string of the molecule is CC1CC(NCc2cc(Br)cc([N+](=O)[O-])c2)CCN1C. The zero-order chi connectivity index (χ0) is 14.7. The molecule has 2 unspecified atom stereocenters. The second-order valence-electron chi connectivity index (χ2n) is 5.51. The predicted molar refractivity (Wildman–Crippen MR) is 82.8 cm³/mol. The van der Waals surface area contributed by atoms with Gasteiger partial charge in [-0.05, 0) is 45.0 Å². The van der Waals surface area contributed by atoms with Gasteiger partial charge in [0.25, 0.3) is 5.69 Å². The zero-order valence-corrected chi connectivity index (χ0v) is 13.4. The lowest BCUT2D eigenvalue weighted by Crippen LogP contribution is -2.45. The summed E-state index contributed by atoms with van der Waals surface area (Å²) in [5.74, 6) is 0. The molecule has 110 valence electrons. The quantitative estimate of drug-likeness (QED) is 0.675. The molecule has 1 aromatic carbocycles. The fourth-order valence-electron chi connectivity index (χ4n) is 2.58. The van der Waals surface area contributed by atoms with Gasteiger partial charge < -0.3 is 10.2 Å². The van der Waals surface area contributed by atoms with Crippen LogP contribution in [0.5, 0.6) is 0 Å². The summed E-state index contributed by atoms with van der Waals surface area (Å²) in [5.41, 5.74) is 1.07. The zero-order valence-electron chi connectivity index (χ0n) is 11.8. The number of rotatable bonds is 4. The van der Waals surface area contributed by atoms with Crippen molar-refractivity contribution in [2.24, 2.45) is 0 Å². The summed E-state index contributed by atoms with van der Waals surface area (Å²) >= 11 is 3.33. The van der Waals surface area contributed by atoms with Gasteiger partial charge in [0.05, 0.1) is 4.92 Å². The normalized spacial score (nSPS) is 23.8. The van der Waals surface area contributed by atoms with Crippen molar-refractivity contribution in [1.29, 1.82) is 0 Å². The van der Waals surface area contributed by atoms with E-state index in [9.17, 15) is 10.1 Å². The summed E-state index contributed by atoms with van der Waals surface area (Å²) < 4.78 is 0.750. The highest BCUT2D eigenvalue weighted by Gasteiger charge is 2.22. The first-order chi connectivity index (χ1) is 9.45. The Kier molecular flexibility index (Phi) is 5.12. The second kappa shape index (κ2) is 6.65. The van der Waals surface area contributed by atoms with E-state index in [-0.39, 0.29) is 10.6 Å². The van der Waals surface area contributed by atoms with Crippen LogP contribution in [-0.4, -0.2) is 35.5 Å². The Hall–Kier alpha value is -0.980. The Labute approximate surface area is 127 Å². The van der Waals surface area contributed by atoms with Gasteiger partial charge in [-0.2, -0.15) is 0 Å². The molecule has 1 aliphatic rings. The largest absolute Gasteiger partial charge is 0.310 e. The molecule has 1 aliphatic heterocycles.